The molecule has 2 aromatic heterocycles. The van der Waals surface area contributed by atoms with Gasteiger partial charge >= 0.3 is 0 Å². The van der Waals surface area contributed by atoms with Crippen molar-refractivity contribution in [2.75, 3.05) is 23.3 Å². The molecule has 2 heterocycles. The maximum absolute atomic E-state index is 4.46. The Labute approximate surface area is 114 Å². The molecule has 0 bridgehead atoms. The molecule has 0 unspecified atom stereocenters. The summed E-state index contributed by atoms with van der Waals surface area (Å²) in [5, 5.41) is 3.04. The van der Waals surface area contributed by atoms with Crippen molar-refractivity contribution >= 4 is 43.3 Å². The molecule has 0 saturated heterocycles. The second-order valence-electron chi connectivity index (χ2n) is 3.86. The standard InChI is InChI=1S/C12H16BrN3S/c1-2-3-6-16(7-5-13)12-11-10(4-8-17-11)14-9-15-12/h4,8-9H,2-3,5-7H2,1H3. The number of rotatable bonds is 6. The van der Waals surface area contributed by atoms with E-state index in [-0.39, 0.29) is 0 Å². The Hall–Kier alpha value is -0.680. The van der Waals surface area contributed by atoms with Crippen molar-refractivity contribution in [3.63, 3.8) is 0 Å². The number of unbranched alkanes of at least 4 members (excludes halogenated alkanes) is 1. The molecular formula is C12H16BrN3S. The number of fused-ring (bicyclic) bond motifs is 1. The molecule has 0 aliphatic heterocycles. The zero-order valence-electron chi connectivity index (χ0n) is 9.90. The van der Waals surface area contributed by atoms with Gasteiger partial charge < -0.3 is 4.90 Å². The lowest BCUT2D eigenvalue weighted by Crippen LogP contribution is -2.27. The highest BCUT2D eigenvalue weighted by Gasteiger charge is 2.12. The lowest BCUT2D eigenvalue weighted by molar-refractivity contribution is 0.729. The first-order chi connectivity index (χ1) is 8.36. The number of hydrogen-bond acceptors (Lipinski definition) is 4. The van der Waals surface area contributed by atoms with Gasteiger partial charge in [0.25, 0.3) is 0 Å². The molecule has 17 heavy (non-hydrogen) atoms. The first-order valence-corrected chi connectivity index (χ1v) is 7.86. The van der Waals surface area contributed by atoms with Crippen molar-refractivity contribution in [3.8, 4) is 0 Å². The van der Waals surface area contributed by atoms with E-state index in [0.717, 1.165) is 29.8 Å². The van der Waals surface area contributed by atoms with E-state index >= 15 is 0 Å². The van der Waals surface area contributed by atoms with Gasteiger partial charge in [0.2, 0.25) is 0 Å². The number of aromatic nitrogens is 2. The molecule has 0 fully saturated rings. The van der Waals surface area contributed by atoms with Crippen LogP contribution in [0.2, 0.25) is 0 Å². The van der Waals surface area contributed by atoms with E-state index < -0.39 is 0 Å². The minimum atomic E-state index is 0.966. The number of halogens is 1. The number of hydrogen-bond donors (Lipinski definition) is 0. The van der Waals surface area contributed by atoms with Crippen LogP contribution >= 0.6 is 27.3 Å². The van der Waals surface area contributed by atoms with E-state index in [2.05, 4.69) is 49.2 Å². The smallest absolute Gasteiger partial charge is 0.150 e. The molecule has 2 rings (SSSR count). The third-order valence-electron chi connectivity index (χ3n) is 2.66. The molecule has 0 radical (unpaired) electrons. The normalized spacial score (nSPS) is 10.9. The second-order valence-corrected chi connectivity index (χ2v) is 5.57. The number of anilines is 1. The topological polar surface area (TPSA) is 29.0 Å². The van der Waals surface area contributed by atoms with E-state index in [1.165, 1.54) is 17.5 Å². The summed E-state index contributed by atoms with van der Waals surface area (Å²) in [6.07, 6.45) is 4.07. The average molecular weight is 314 g/mol. The maximum atomic E-state index is 4.46. The molecule has 0 saturated carbocycles. The molecule has 0 amide bonds. The van der Waals surface area contributed by atoms with E-state index in [4.69, 9.17) is 0 Å². The Balaban J connectivity index is 2.30. The number of alkyl halides is 1. The van der Waals surface area contributed by atoms with Crippen LogP contribution in [0.15, 0.2) is 17.8 Å². The monoisotopic (exact) mass is 313 g/mol. The van der Waals surface area contributed by atoms with Gasteiger partial charge in [-0.3, -0.25) is 0 Å². The lowest BCUT2D eigenvalue weighted by atomic mass is 10.3. The average Bonchev–Trinajstić information content (AvgIpc) is 2.82. The summed E-state index contributed by atoms with van der Waals surface area (Å²) >= 11 is 5.23. The van der Waals surface area contributed by atoms with Gasteiger partial charge in [-0.15, -0.1) is 11.3 Å². The SMILES string of the molecule is CCCCN(CCBr)c1ncnc2ccsc12. The zero-order chi connectivity index (χ0) is 12.1. The van der Waals surface area contributed by atoms with Crippen molar-refractivity contribution in [2.45, 2.75) is 19.8 Å². The fourth-order valence-electron chi connectivity index (χ4n) is 1.78. The molecule has 2 aromatic rings. The van der Waals surface area contributed by atoms with Crippen LogP contribution in [0.5, 0.6) is 0 Å². The van der Waals surface area contributed by atoms with Gasteiger partial charge in [-0.05, 0) is 17.9 Å². The van der Waals surface area contributed by atoms with Crippen LogP contribution in [0.3, 0.4) is 0 Å². The zero-order valence-corrected chi connectivity index (χ0v) is 12.3. The Bertz CT molecular complexity index is 471. The molecule has 0 atom stereocenters. The number of thiophene rings is 1. The van der Waals surface area contributed by atoms with Crippen molar-refractivity contribution in [2.24, 2.45) is 0 Å². The van der Waals surface area contributed by atoms with Gasteiger partial charge in [-0.1, -0.05) is 29.3 Å². The molecule has 0 N–H and O–H groups in total. The Morgan fingerprint density at radius 2 is 2.24 bits per heavy atom. The highest BCUT2D eigenvalue weighted by molar-refractivity contribution is 9.09. The Morgan fingerprint density at radius 1 is 1.35 bits per heavy atom. The van der Waals surface area contributed by atoms with Crippen molar-refractivity contribution in [1.29, 1.82) is 0 Å². The summed E-state index contributed by atoms with van der Waals surface area (Å²) in [6, 6.07) is 2.05. The van der Waals surface area contributed by atoms with Gasteiger partial charge in [0.1, 0.15) is 12.1 Å². The van der Waals surface area contributed by atoms with Crippen LogP contribution in [0, 0.1) is 0 Å². The minimum Gasteiger partial charge on any atom is -0.354 e. The van der Waals surface area contributed by atoms with Gasteiger partial charge in [-0.25, -0.2) is 9.97 Å². The van der Waals surface area contributed by atoms with E-state index in [9.17, 15) is 0 Å². The van der Waals surface area contributed by atoms with Gasteiger partial charge in [0.05, 0.1) is 10.2 Å². The van der Waals surface area contributed by atoms with E-state index in [0.29, 0.717) is 0 Å². The fraction of sp³-hybridized carbons (Fsp3) is 0.500. The minimum absolute atomic E-state index is 0.966. The molecule has 0 aliphatic rings. The van der Waals surface area contributed by atoms with E-state index in [1.54, 1.807) is 17.7 Å². The van der Waals surface area contributed by atoms with Crippen LogP contribution < -0.4 is 4.90 Å². The van der Waals surface area contributed by atoms with Crippen LogP contribution in [0.25, 0.3) is 10.2 Å². The lowest BCUT2D eigenvalue weighted by Gasteiger charge is -2.22. The summed E-state index contributed by atoms with van der Waals surface area (Å²) in [6.45, 7) is 4.27. The van der Waals surface area contributed by atoms with Crippen molar-refractivity contribution < 1.29 is 0 Å². The summed E-state index contributed by atoms with van der Waals surface area (Å²) < 4.78 is 1.20. The molecule has 92 valence electrons. The number of nitrogens with zero attached hydrogens (tertiary/aromatic N) is 3. The summed E-state index contributed by atoms with van der Waals surface area (Å²) in [5.41, 5.74) is 1.05. The van der Waals surface area contributed by atoms with Gasteiger partial charge in [0.15, 0.2) is 0 Å². The van der Waals surface area contributed by atoms with Crippen LogP contribution in [-0.4, -0.2) is 28.4 Å². The van der Waals surface area contributed by atoms with Gasteiger partial charge in [0, 0.05) is 18.4 Å². The summed E-state index contributed by atoms with van der Waals surface area (Å²) in [5.74, 6) is 1.08. The Morgan fingerprint density at radius 3 is 3.00 bits per heavy atom. The van der Waals surface area contributed by atoms with Crippen LogP contribution in [0.1, 0.15) is 19.8 Å². The third kappa shape index (κ3) is 2.96. The molecule has 0 aliphatic carbocycles. The quantitative estimate of drug-likeness (QED) is 0.762. The maximum Gasteiger partial charge on any atom is 0.150 e. The molecule has 5 heteroatoms. The largest absolute Gasteiger partial charge is 0.354 e. The van der Waals surface area contributed by atoms with Crippen LogP contribution in [0.4, 0.5) is 5.82 Å². The Kier molecular flexibility index (Phi) is 4.74. The second kappa shape index (κ2) is 6.31. The van der Waals surface area contributed by atoms with E-state index in [1.807, 2.05) is 0 Å². The molecule has 0 spiro atoms. The summed E-state index contributed by atoms with van der Waals surface area (Å²) in [4.78, 5) is 11.1. The van der Waals surface area contributed by atoms with Crippen molar-refractivity contribution in [1.82, 2.24) is 9.97 Å². The molecule has 0 aromatic carbocycles. The first kappa shape index (κ1) is 12.8. The highest BCUT2D eigenvalue weighted by atomic mass is 79.9. The van der Waals surface area contributed by atoms with Gasteiger partial charge in [-0.2, -0.15) is 0 Å². The molecular weight excluding hydrogens is 298 g/mol. The molecule has 3 nitrogen and oxygen atoms in total. The first-order valence-electron chi connectivity index (χ1n) is 5.86. The van der Waals surface area contributed by atoms with Crippen molar-refractivity contribution in [3.05, 3.63) is 17.8 Å². The van der Waals surface area contributed by atoms with Crippen LogP contribution in [-0.2, 0) is 0 Å². The fourth-order valence-corrected chi connectivity index (χ4v) is 3.07. The summed E-state index contributed by atoms with van der Waals surface area (Å²) in [7, 11) is 0. The predicted octanol–water partition coefficient (Wildman–Crippen LogP) is 3.69. The third-order valence-corrected chi connectivity index (χ3v) is 3.91. The predicted molar refractivity (Wildman–Crippen MR) is 78.3 cm³/mol. The highest BCUT2D eigenvalue weighted by Crippen LogP contribution is 2.27.